The molecule has 8 heteroatoms. The second kappa shape index (κ2) is 8.42. The van der Waals surface area contributed by atoms with Gasteiger partial charge in [-0.1, -0.05) is 46.7 Å². The zero-order valence-electron chi connectivity index (χ0n) is 16.6. The minimum atomic E-state index is -0.0706. The van der Waals surface area contributed by atoms with E-state index in [4.69, 9.17) is 37.7 Å². The summed E-state index contributed by atoms with van der Waals surface area (Å²) < 4.78 is 13.5. The van der Waals surface area contributed by atoms with Crippen LogP contribution in [-0.4, -0.2) is 43.9 Å². The highest BCUT2D eigenvalue weighted by Gasteiger charge is 2.36. The summed E-state index contributed by atoms with van der Waals surface area (Å²) in [5.74, 6) is 1.70. The Bertz CT molecular complexity index is 1020. The van der Waals surface area contributed by atoms with Crippen molar-refractivity contribution >= 4 is 49.9 Å². The molecule has 0 spiro atoms. The molecule has 5 rings (SSSR count). The van der Waals surface area contributed by atoms with Crippen molar-refractivity contribution in [3.05, 3.63) is 46.4 Å². The number of likely N-dealkylation sites (N-methyl/N-ethyl adjacent to an activating group) is 1. The van der Waals surface area contributed by atoms with Crippen molar-refractivity contribution in [2.45, 2.75) is 25.0 Å². The number of benzene rings is 2. The van der Waals surface area contributed by atoms with Gasteiger partial charge in [-0.25, -0.2) is 4.98 Å². The van der Waals surface area contributed by atoms with Gasteiger partial charge in [0.2, 0.25) is 0 Å². The number of aromatic nitrogens is 1. The van der Waals surface area contributed by atoms with Crippen LogP contribution in [0.3, 0.4) is 0 Å². The average Bonchev–Trinajstić information content (AvgIpc) is 3.22. The van der Waals surface area contributed by atoms with E-state index in [9.17, 15) is 0 Å². The molecule has 1 N–H and O–H groups in total. The maximum absolute atomic E-state index is 6.27. The number of nitrogens with one attached hydrogen (secondary N) is 1. The van der Waals surface area contributed by atoms with E-state index < -0.39 is 0 Å². The van der Waals surface area contributed by atoms with Crippen molar-refractivity contribution < 1.29 is 9.47 Å². The van der Waals surface area contributed by atoms with Crippen LogP contribution in [0, 0.1) is 5.92 Å². The van der Waals surface area contributed by atoms with E-state index in [0.29, 0.717) is 34.1 Å². The summed E-state index contributed by atoms with van der Waals surface area (Å²) in [7, 11) is 2.00. The molecule has 2 aliphatic heterocycles. The molecule has 0 saturated carbocycles. The third-order valence-electron chi connectivity index (χ3n) is 6.02. The van der Waals surface area contributed by atoms with E-state index in [2.05, 4.69) is 28.4 Å². The predicted molar refractivity (Wildman–Crippen MR) is 124 cm³/mol. The van der Waals surface area contributed by atoms with Gasteiger partial charge in [0.25, 0.3) is 0 Å². The van der Waals surface area contributed by atoms with Gasteiger partial charge in [0.1, 0.15) is 17.7 Å². The number of thiazole rings is 1. The van der Waals surface area contributed by atoms with E-state index in [1.165, 1.54) is 4.70 Å². The highest BCUT2D eigenvalue weighted by atomic mass is 35.5. The fourth-order valence-corrected chi connectivity index (χ4v) is 5.83. The zero-order chi connectivity index (χ0) is 20.7. The molecule has 30 heavy (non-hydrogen) atoms. The van der Waals surface area contributed by atoms with E-state index in [-0.39, 0.29) is 12.1 Å². The zero-order valence-corrected chi connectivity index (χ0v) is 18.9. The average molecular weight is 464 g/mol. The number of halogens is 2. The summed E-state index contributed by atoms with van der Waals surface area (Å²) in [4.78, 5) is 7.22. The maximum atomic E-state index is 6.27. The van der Waals surface area contributed by atoms with Gasteiger partial charge < -0.3 is 19.7 Å². The Labute approximate surface area is 189 Å². The Balaban J connectivity index is 1.26. The van der Waals surface area contributed by atoms with Crippen molar-refractivity contribution in [3.8, 4) is 11.5 Å². The first kappa shape index (κ1) is 20.2. The molecular weight excluding hydrogens is 441 g/mol. The molecule has 2 aliphatic rings. The van der Waals surface area contributed by atoms with Crippen molar-refractivity contribution in [3.63, 3.8) is 0 Å². The molecule has 1 aromatic heterocycles. The summed E-state index contributed by atoms with van der Waals surface area (Å²) in [6.07, 6.45) is 2.09. The Hall–Kier alpha value is -1.73. The van der Waals surface area contributed by atoms with E-state index in [1.807, 2.05) is 19.2 Å². The molecule has 1 fully saturated rings. The van der Waals surface area contributed by atoms with Gasteiger partial charge in [-0.05, 0) is 50.1 Å². The SMILES string of the molecule is CNC(C1CCN(c2nc3ccccc3s2)CC1)C1COc2c(ccc(Cl)c2Cl)O1. The van der Waals surface area contributed by atoms with Gasteiger partial charge in [-0.3, -0.25) is 0 Å². The van der Waals surface area contributed by atoms with E-state index in [0.717, 1.165) is 36.6 Å². The summed E-state index contributed by atoms with van der Waals surface area (Å²) >= 11 is 14.1. The minimum Gasteiger partial charge on any atom is -0.484 e. The van der Waals surface area contributed by atoms with Crippen LogP contribution in [0.25, 0.3) is 10.2 Å². The van der Waals surface area contributed by atoms with Crippen molar-refractivity contribution in [1.29, 1.82) is 0 Å². The Morgan fingerprint density at radius 1 is 1.17 bits per heavy atom. The number of piperidine rings is 1. The van der Waals surface area contributed by atoms with Gasteiger partial charge >= 0.3 is 0 Å². The van der Waals surface area contributed by atoms with Crippen LogP contribution in [0.4, 0.5) is 5.13 Å². The summed E-state index contributed by atoms with van der Waals surface area (Å²) in [5, 5.41) is 5.49. The van der Waals surface area contributed by atoms with Crippen LogP contribution in [0.1, 0.15) is 12.8 Å². The second-order valence-electron chi connectivity index (χ2n) is 7.76. The Kier molecular flexibility index (Phi) is 5.67. The predicted octanol–water partition coefficient (Wildman–Crippen LogP) is 5.25. The Morgan fingerprint density at radius 2 is 1.97 bits per heavy atom. The number of fused-ring (bicyclic) bond motifs is 2. The third-order valence-corrected chi connectivity index (χ3v) is 7.90. The molecule has 0 aliphatic carbocycles. The normalized spacial score (nSPS) is 20.5. The van der Waals surface area contributed by atoms with Gasteiger partial charge in [-0.15, -0.1) is 0 Å². The lowest BCUT2D eigenvalue weighted by Crippen LogP contribution is -2.53. The summed E-state index contributed by atoms with van der Waals surface area (Å²) in [5.41, 5.74) is 1.08. The highest BCUT2D eigenvalue weighted by molar-refractivity contribution is 7.22. The van der Waals surface area contributed by atoms with Crippen LogP contribution in [0.15, 0.2) is 36.4 Å². The standard InChI is InChI=1S/C22H23Cl2N3O2S/c1-25-20(17-12-28-21-16(29-17)7-6-14(23)19(21)24)13-8-10-27(11-9-13)22-26-15-4-2-3-5-18(15)30-22/h2-7,13,17,20,25H,8-12H2,1H3. The topological polar surface area (TPSA) is 46.6 Å². The maximum Gasteiger partial charge on any atom is 0.186 e. The van der Waals surface area contributed by atoms with Gasteiger partial charge in [0, 0.05) is 13.1 Å². The van der Waals surface area contributed by atoms with Gasteiger partial charge in [0.05, 0.1) is 21.3 Å². The number of anilines is 1. The highest BCUT2D eigenvalue weighted by Crippen LogP contribution is 2.43. The molecule has 0 amide bonds. The molecule has 0 radical (unpaired) electrons. The summed E-state index contributed by atoms with van der Waals surface area (Å²) in [6.45, 7) is 2.44. The number of rotatable bonds is 4. The van der Waals surface area contributed by atoms with Crippen LogP contribution >= 0.6 is 34.5 Å². The third kappa shape index (κ3) is 3.71. The lowest BCUT2D eigenvalue weighted by atomic mass is 9.86. The van der Waals surface area contributed by atoms with E-state index in [1.54, 1.807) is 17.4 Å². The fourth-order valence-electron chi connectivity index (χ4n) is 4.45. The second-order valence-corrected chi connectivity index (χ2v) is 9.55. The monoisotopic (exact) mass is 463 g/mol. The quantitative estimate of drug-likeness (QED) is 0.572. The molecule has 1 saturated heterocycles. The minimum absolute atomic E-state index is 0.0706. The van der Waals surface area contributed by atoms with Crippen LogP contribution in [0.5, 0.6) is 11.5 Å². The molecule has 2 atom stereocenters. The lowest BCUT2D eigenvalue weighted by molar-refractivity contribution is 0.0418. The fraction of sp³-hybridized carbons (Fsp3) is 0.409. The smallest absolute Gasteiger partial charge is 0.186 e. The van der Waals surface area contributed by atoms with Crippen molar-refractivity contribution in [1.82, 2.24) is 10.3 Å². The largest absolute Gasteiger partial charge is 0.484 e. The number of ether oxygens (including phenoxy) is 2. The van der Waals surface area contributed by atoms with Crippen molar-refractivity contribution in [2.24, 2.45) is 5.92 Å². The van der Waals surface area contributed by atoms with Gasteiger partial charge in [-0.2, -0.15) is 0 Å². The number of para-hydroxylation sites is 1. The molecule has 0 bridgehead atoms. The molecule has 2 aromatic carbocycles. The first-order valence-electron chi connectivity index (χ1n) is 10.2. The van der Waals surface area contributed by atoms with E-state index >= 15 is 0 Å². The number of hydrogen-bond donors (Lipinski definition) is 1. The molecule has 3 heterocycles. The molecule has 5 nitrogen and oxygen atoms in total. The first-order valence-corrected chi connectivity index (χ1v) is 11.8. The van der Waals surface area contributed by atoms with Crippen LogP contribution in [0.2, 0.25) is 10.0 Å². The molecule has 2 unspecified atom stereocenters. The van der Waals surface area contributed by atoms with Crippen molar-refractivity contribution in [2.75, 3.05) is 31.6 Å². The molecule has 158 valence electrons. The number of hydrogen-bond acceptors (Lipinski definition) is 6. The van der Waals surface area contributed by atoms with Crippen LogP contribution < -0.4 is 19.7 Å². The first-order chi connectivity index (χ1) is 14.6. The number of nitrogens with zero attached hydrogens (tertiary/aromatic N) is 2. The molecule has 3 aromatic rings. The molecular formula is C22H23Cl2N3O2S. The summed E-state index contributed by atoms with van der Waals surface area (Å²) in [6, 6.07) is 12.1. The Morgan fingerprint density at radius 3 is 2.73 bits per heavy atom. The van der Waals surface area contributed by atoms with Gasteiger partial charge in [0.15, 0.2) is 16.6 Å². The lowest BCUT2D eigenvalue weighted by Gasteiger charge is -2.40. The van der Waals surface area contributed by atoms with Crippen LogP contribution in [-0.2, 0) is 0 Å².